The number of azo groups is 1. The van der Waals surface area contributed by atoms with Crippen LogP contribution in [0, 0.1) is 25.2 Å². The lowest BCUT2D eigenvalue weighted by atomic mass is 10.1. The molecule has 1 fully saturated rings. The number of rotatable bonds is 5. The van der Waals surface area contributed by atoms with Crippen molar-refractivity contribution >= 4 is 17.3 Å². The minimum absolute atomic E-state index is 0.127. The van der Waals surface area contributed by atoms with Crippen LogP contribution in [0.25, 0.3) is 11.6 Å². The van der Waals surface area contributed by atoms with E-state index in [4.69, 9.17) is 0 Å². The van der Waals surface area contributed by atoms with Gasteiger partial charge in [-0.1, -0.05) is 17.7 Å². The van der Waals surface area contributed by atoms with Gasteiger partial charge >= 0.3 is 5.56 Å². The summed E-state index contributed by atoms with van der Waals surface area (Å²) < 4.78 is 2.79. The van der Waals surface area contributed by atoms with E-state index < -0.39 is 0 Å². The van der Waals surface area contributed by atoms with Crippen LogP contribution in [0.5, 0.6) is 0 Å². The number of aromatic nitrogens is 7. The van der Waals surface area contributed by atoms with Gasteiger partial charge in [-0.15, -0.1) is 10.2 Å². The van der Waals surface area contributed by atoms with Crippen LogP contribution in [0.15, 0.2) is 52.1 Å². The zero-order valence-electron chi connectivity index (χ0n) is 19.4. The summed E-state index contributed by atoms with van der Waals surface area (Å²) >= 11 is 0. The van der Waals surface area contributed by atoms with Crippen molar-refractivity contribution < 1.29 is 0 Å². The van der Waals surface area contributed by atoms with Crippen molar-refractivity contribution in [2.24, 2.45) is 10.2 Å². The third kappa shape index (κ3) is 4.19. The van der Waals surface area contributed by atoms with Crippen molar-refractivity contribution in [1.82, 2.24) is 34.5 Å². The summed E-state index contributed by atoms with van der Waals surface area (Å²) in [6, 6.07) is 7.95. The van der Waals surface area contributed by atoms with Crippen molar-refractivity contribution in [3.8, 4) is 17.7 Å². The highest BCUT2D eigenvalue weighted by atomic mass is 16.1. The first-order valence-corrected chi connectivity index (χ1v) is 11.3. The Hall–Kier alpha value is -4.66. The minimum Gasteiger partial charge on any atom is -0.355 e. The Bertz CT molecular complexity index is 1480. The second kappa shape index (κ2) is 9.30. The van der Waals surface area contributed by atoms with Gasteiger partial charge in [0.05, 0.1) is 11.9 Å². The highest BCUT2D eigenvalue weighted by Gasteiger charge is 2.23. The molecule has 0 atom stereocenters. The monoisotopic (exact) mass is 469 g/mol. The molecular formula is C23H23N11O. The molecule has 0 bridgehead atoms. The molecule has 1 saturated heterocycles. The molecule has 0 spiro atoms. The zero-order valence-corrected chi connectivity index (χ0v) is 19.4. The largest absolute Gasteiger partial charge is 0.355 e. The topological polar surface area (TPSA) is 146 Å². The Morgan fingerprint density at radius 1 is 1.09 bits per heavy atom. The Labute approximate surface area is 200 Å². The Morgan fingerprint density at radius 2 is 1.86 bits per heavy atom. The van der Waals surface area contributed by atoms with Gasteiger partial charge in [0.1, 0.15) is 24.3 Å². The van der Waals surface area contributed by atoms with Gasteiger partial charge in [0.25, 0.3) is 5.95 Å². The van der Waals surface area contributed by atoms with E-state index in [2.05, 4.69) is 40.3 Å². The molecule has 1 aliphatic rings. The normalized spacial score (nSPS) is 13.9. The average Bonchev–Trinajstić information content (AvgIpc) is 3.44. The number of nitrogens with one attached hydrogen (secondary N) is 1. The molecule has 1 aromatic carbocycles. The predicted molar refractivity (Wildman–Crippen MR) is 128 cm³/mol. The average molecular weight is 470 g/mol. The van der Waals surface area contributed by atoms with Gasteiger partial charge in [-0.05, 0) is 44.7 Å². The van der Waals surface area contributed by atoms with Crippen molar-refractivity contribution in [1.29, 1.82) is 5.26 Å². The molecular weight excluding hydrogens is 446 g/mol. The van der Waals surface area contributed by atoms with Crippen LogP contribution in [0.1, 0.15) is 36.0 Å². The quantitative estimate of drug-likeness (QED) is 0.441. The van der Waals surface area contributed by atoms with Gasteiger partial charge in [-0.3, -0.25) is 9.89 Å². The number of H-pyrrole nitrogens is 1. The van der Waals surface area contributed by atoms with Crippen LogP contribution in [-0.2, 0) is 0 Å². The van der Waals surface area contributed by atoms with Gasteiger partial charge in [-0.2, -0.15) is 25.0 Å². The van der Waals surface area contributed by atoms with Gasteiger partial charge in [0.15, 0.2) is 17.3 Å². The summed E-state index contributed by atoms with van der Waals surface area (Å²) in [6.07, 6.45) is 7.19. The first-order valence-electron chi connectivity index (χ1n) is 11.3. The number of hydrogen-bond donors (Lipinski definition) is 1. The second-order valence-electron chi connectivity index (χ2n) is 8.33. The van der Waals surface area contributed by atoms with Crippen LogP contribution in [-0.4, -0.2) is 47.6 Å². The van der Waals surface area contributed by atoms with Crippen LogP contribution < -0.4 is 10.5 Å². The number of benzene rings is 1. The van der Waals surface area contributed by atoms with E-state index in [0.29, 0.717) is 5.82 Å². The lowest BCUT2D eigenvalue weighted by Gasteiger charge is -2.27. The molecule has 4 aromatic rings. The number of aryl methyl sites for hydroxylation is 2. The summed E-state index contributed by atoms with van der Waals surface area (Å²) in [5.41, 5.74) is 2.83. The lowest BCUT2D eigenvalue weighted by Crippen LogP contribution is -2.29. The maximum absolute atomic E-state index is 13.6. The molecule has 4 heterocycles. The predicted octanol–water partition coefficient (Wildman–Crippen LogP) is 3.43. The standard InChI is InChI=1S/C23H23N11O/c1-15-6-7-18(16(2)10-15)33-22(35)19(21(31-33)32-8-4-3-5-9-32)29-30-20-17(11-24)12-28-34(20)23-26-13-25-14-27-23/h6-7,10,12-14,31H,3-5,8-9H2,1-2H3. The fourth-order valence-electron chi connectivity index (χ4n) is 4.17. The molecule has 0 unspecified atom stereocenters. The maximum atomic E-state index is 13.6. The summed E-state index contributed by atoms with van der Waals surface area (Å²) in [5, 5.41) is 25.6. The van der Waals surface area contributed by atoms with Crippen LogP contribution in [0.2, 0.25) is 0 Å². The van der Waals surface area contributed by atoms with E-state index in [1.165, 1.54) is 28.2 Å². The highest BCUT2D eigenvalue weighted by molar-refractivity contribution is 5.63. The molecule has 12 heteroatoms. The molecule has 12 nitrogen and oxygen atoms in total. The molecule has 1 N–H and O–H groups in total. The third-order valence-electron chi connectivity index (χ3n) is 5.89. The van der Waals surface area contributed by atoms with E-state index in [-0.39, 0.29) is 28.6 Å². The molecule has 0 amide bonds. The number of anilines is 1. The van der Waals surface area contributed by atoms with E-state index in [0.717, 1.165) is 49.2 Å². The molecule has 0 aliphatic carbocycles. The zero-order chi connectivity index (χ0) is 24.4. The lowest BCUT2D eigenvalue weighted by molar-refractivity contribution is 0.571. The molecule has 3 aromatic heterocycles. The van der Waals surface area contributed by atoms with E-state index in [1.807, 2.05) is 38.1 Å². The van der Waals surface area contributed by atoms with Crippen molar-refractivity contribution in [3.63, 3.8) is 0 Å². The van der Waals surface area contributed by atoms with Gasteiger partial charge < -0.3 is 4.90 Å². The fourth-order valence-corrected chi connectivity index (χ4v) is 4.17. The van der Waals surface area contributed by atoms with Gasteiger partial charge in [-0.25, -0.2) is 9.67 Å². The molecule has 176 valence electrons. The Kier molecular flexibility index (Phi) is 5.88. The van der Waals surface area contributed by atoms with Gasteiger partial charge in [0.2, 0.25) is 0 Å². The molecule has 35 heavy (non-hydrogen) atoms. The third-order valence-corrected chi connectivity index (χ3v) is 5.89. The van der Waals surface area contributed by atoms with Crippen molar-refractivity contribution in [3.05, 3.63) is 64.1 Å². The van der Waals surface area contributed by atoms with E-state index in [1.54, 1.807) is 0 Å². The SMILES string of the molecule is Cc1ccc(-n2[nH]c(N3CCCCC3)c(N=Nc3c(C#N)cnn3-c3ncncn3)c2=O)c(C)c1. The Morgan fingerprint density at radius 3 is 2.57 bits per heavy atom. The summed E-state index contributed by atoms with van der Waals surface area (Å²) in [6.45, 7) is 5.59. The molecule has 0 saturated carbocycles. The van der Waals surface area contributed by atoms with Crippen LogP contribution >= 0.6 is 0 Å². The smallest absolute Gasteiger partial charge is 0.301 e. The maximum Gasteiger partial charge on any atom is 0.301 e. The van der Waals surface area contributed by atoms with E-state index in [9.17, 15) is 10.1 Å². The van der Waals surface area contributed by atoms with Crippen LogP contribution in [0.3, 0.4) is 0 Å². The molecule has 1 aliphatic heterocycles. The number of nitrogens with zero attached hydrogens (tertiary/aromatic N) is 10. The van der Waals surface area contributed by atoms with Gasteiger partial charge in [0, 0.05) is 13.1 Å². The minimum atomic E-state index is -0.328. The number of piperidine rings is 1. The summed E-state index contributed by atoms with van der Waals surface area (Å²) in [4.78, 5) is 27.6. The fraction of sp³-hybridized carbons (Fsp3) is 0.304. The highest BCUT2D eigenvalue weighted by Crippen LogP contribution is 2.30. The molecule has 5 rings (SSSR count). The molecule has 0 radical (unpaired) electrons. The second-order valence-corrected chi connectivity index (χ2v) is 8.33. The number of hydrogen-bond acceptors (Lipinski definition) is 9. The first kappa shape index (κ1) is 22.1. The van der Waals surface area contributed by atoms with E-state index >= 15 is 0 Å². The number of aromatic amines is 1. The van der Waals surface area contributed by atoms with Crippen molar-refractivity contribution in [2.75, 3.05) is 18.0 Å². The Balaban J connectivity index is 1.64. The first-order chi connectivity index (χ1) is 17.1. The van der Waals surface area contributed by atoms with Crippen molar-refractivity contribution in [2.45, 2.75) is 33.1 Å². The summed E-state index contributed by atoms with van der Waals surface area (Å²) in [5.74, 6) is 0.915. The summed E-state index contributed by atoms with van der Waals surface area (Å²) in [7, 11) is 0. The number of nitriles is 1. The van der Waals surface area contributed by atoms with Crippen LogP contribution in [0.4, 0.5) is 17.3 Å².